The van der Waals surface area contributed by atoms with E-state index in [-0.39, 0.29) is 11.7 Å². The number of hydrogen-bond acceptors (Lipinski definition) is 7. The number of aliphatic carboxylic acids is 1. The molecule has 0 aliphatic heterocycles. The van der Waals surface area contributed by atoms with Crippen LogP contribution in [0.25, 0.3) is 26.8 Å². The highest BCUT2D eigenvalue weighted by molar-refractivity contribution is 7.19. The molecule has 166 valence electrons. The fourth-order valence-corrected chi connectivity index (χ4v) is 3.34. The van der Waals surface area contributed by atoms with Crippen LogP contribution in [0.2, 0.25) is 0 Å². The minimum absolute atomic E-state index is 0.223. The van der Waals surface area contributed by atoms with Gasteiger partial charge in [0.2, 0.25) is 4.96 Å². The lowest BCUT2D eigenvalue weighted by Crippen LogP contribution is -2.21. The third-order valence-electron chi connectivity index (χ3n) is 4.00. The number of hydrogen-bond donors (Lipinski definition) is 2. The Balaban J connectivity index is 0.000000360. The predicted molar refractivity (Wildman–Crippen MR) is 108 cm³/mol. The molecule has 0 saturated heterocycles. The summed E-state index contributed by atoms with van der Waals surface area (Å²) in [4.78, 5) is 25.7. The number of imidazole rings is 1. The number of benzene rings is 2. The topological polar surface area (TPSA) is 114 Å². The lowest BCUT2D eigenvalue weighted by Gasteiger charge is -2.00. The number of carbonyl (C=O) groups excluding carboxylic acids is 1. The van der Waals surface area contributed by atoms with E-state index in [2.05, 4.69) is 10.1 Å². The molecule has 0 bridgehead atoms. The van der Waals surface area contributed by atoms with Crippen LogP contribution in [0.15, 0.2) is 54.7 Å². The second kappa shape index (κ2) is 9.06. The maximum Gasteiger partial charge on any atom is 0.490 e. The van der Waals surface area contributed by atoms with Crippen molar-refractivity contribution in [2.24, 2.45) is 0 Å². The second-order valence-electron chi connectivity index (χ2n) is 6.18. The highest BCUT2D eigenvalue weighted by Crippen LogP contribution is 2.28. The number of halogens is 3. The van der Waals surface area contributed by atoms with Crippen molar-refractivity contribution in [1.82, 2.24) is 14.6 Å². The summed E-state index contributed by atoms with van der Waals surface area (Å²) in [5.41, 5.74) is 3.13. The van der Waals surface area contributed by atoms with E-state index in [9.17, 15) is 23.1 Å². The Bertz CT molecular complexity index is 1220. The highest BCUT2D eigenvalue weighted by Gasteiger charge is 2.38. The molecule has 2 heterocycles. The molecular weight excluding hydrogens is 451 g/mol. The average molecular weight is 465 g/mol. The molecule has 0 aliphatic carbocycles. The molecule has 0 saturated carbocycles. The molecule has 4 aromatic rings. The summed E-state index contributed by atoms with van der Waals surface area (Å²) in [6.45, 7) is 0. The number of ether oxygens (including phenoxy) is 1. The molecule has 12 heteroatoms. The summed E-state index contributed by atoms with van der Waals surface area (Å²) in [7, 11) is 1.36. The van der Waals surface area contributed by atoms with Gasteiger partial charge >= 0.3 is 18.1 Å². The van der Waals surface area contributed by atoms with Gasteiger partial charge in [0.15, 0.2) is 0 Å². The van der Waals surface area contributed by atoms with Gasteiger partial charge in [-0.25, -0.2) is 19.1 Å². The van der Waals surface area contributed by atoms with E-state index >= 15 is 0 Å². The van der Waals surface area contributed by atoms with E-state index in [1.165, 1.54) is 18.4 Å². The van der Waals surface area contributed by atoms with Crippen molar-refractivity contribution in [1.29, 1.82) is 0 Å². The first-order chi connectivity index (χ1) is 15.1. The summed E-state index contributed by atoms with van der Waals surface area (Å²) in [5, 5.41) is 21.9. The Morgan fingerprint density at radius 3 is 2.09 bits per heavy atom. The van der Waals surface area contributed by atoms with Crippen LogP contribution in [-0.2, 0) is 9.53 Å². The van der Waals surface area contributed by atoms with Crippen LogP contribution in [0.3, 0.4) is 0 Å². The number of methoxy groups -OCH3 is 1. The zero-order valence-electron chi connectivity index (χ0n) is 16.2. The normalized spacial score (nSPS) is 11.0. The molecule has 0 unspecified atom stereocenters. The molecule has 0 radical (unpaired) electrons. The van der Waals surface area contributed by atoms with Crippen molar-refractivity contribution >= 4 is 28.2 Å². The first-order valence-electron chi connectivity index (χ1n) is 8.73. The Labute approximate surface area is 182 Å². The van der Waals surface area contributed by atoms with E-state index in [1.54, 1.807) is 28.8 Å². The molecule has 0 amide bonds. The van der Waals surface area contributed by atoms with Gasteiger partial charge in [-0.3, -0.25) is 0 Å². The Morgan fingerprint density at radius 1 is 1.03 bits per heavy atom. The molecule has 0 atom stereocenters. The van der Waals surface area contributed by atoms with Gasteiger partial charge in [0.1, 0.15) is 10.8 Å². The molecule has 8 nitrogen and oxygen atoms in total. The van der Waals surface area contributed by atoms with E-state index in [4.69, 9.17) is 14.6 Å². The number of rotatable bonds is 3. The number of aromatic hydroxyl groups is 1. The monoisotopic (exact) mass is 465 g/mol. The molecule has 2 aromatic carbocycles. The van der Waals surface area contributed by atoms with Gasteiger partial charge in [-0.1, -0.05) is 23.5 Å². The SMILES string of the molecule is COC(=O)c1ccc(-c2nn3cc(-c4ccc(O)cc4)nc3s2)cc1.O=C(O)C(F)(F)F. The van der Waals surface area contributed by atoms with Crippen molar-refractivity contribution < 1.29 is 37.7 Å². The third kappa shape index (κ3) is 5.21. The van der Waals surface area contributed by atoms with Gasteiger partial charge in [0.05, 0.1) is 24.6 Å². The summed E-state index contributed by atoms with van der Waals surface area (Å²) in [6, 6.07) is 14.0. The number of carbonyl (C=O) groups is 2. The Hall–Kier alpha value is -3.93. The lowest BCUT2D eigenvalue weighted by atomic mass is 10.1. The fraction of sp³-hybridized carbons (Fsp3) is 0.100. The van der Waals surface area contributed by atoms with E-state index < -0.39 is 12.1 Å². The van der Waals surface area contributed by atoms with E-state index in [1.807, 2.05) is 30.5 Å². The van der Waals surface area contributed by atoms with Gasteiger partial charge in [0.25, 0.3) is 0 Å². The van der Waals surface area contributed by atoms with Gasteiger partial charge in [0, 0.05) is 11.1 Å². The Kier molecular flexibility index (Phi) is 6.44. The van der Waals surface area contributed by atoms with Crippen molar-refractivity contribution in [3.8, 4) is 27.6 Å². The predicted octanol–water partition coefficient (Wildman–Crippen LogP) is 4.25. The number of nitrogens with zero attached hydrogens (tertiary/aromatic N) is 3. The zero-order valence-corrected chi connectivity index (χ0v) is 17.0. The smallest absolute Gasteiger partial charge is 0.490 e. The van der Waals surface area contributed by atoms with Crippen LogP contribution in [0, 0.1) is 0 Å². The number of carboxylic acids is 1. The minimum atomic E-state index is -5.08. The molecular formula is C20H14F3N3O5S. The molecule has 0 fully saturated rings. The number of fused-ring (bicyclic) bond motifs is 1. The van der Waals surface area contributed by atoms with Gasteiger partial charge < -0.3 is 14.9 Å². The lowest BCUT2D eigenvalue weighted by molar-refractivity contribution is -0.192. The summed E-state index contributed by atoms with van der Waals surface area (Å²) in [5.74, 6) is -2.90. The zero-order chi connectivity index (χ0) is 23.5. The number of esters is 1. The number of carboxylic acid groups (broad SMARTS) is 1. The number of phenolic OH excluding ortho intramolecular Hbond substituents is 1. The highest BCUT2D eigenvalue weighted by atomic mass is 32.1. The largest absolute Gasteiger partial charge is 0.508 e. The Morgan fingerprint density at radius 2 is 1.59 bits per heavy atom. The van der Waals surface area contributed by atoms with Gasteiger partial charge in [-0.15, -0.1) is 0 Å². The van der Waals surface area contributed by atoms with E-state index in [0.717, 1.165) is 26.8 Å². The molecule has 0 spiro atoms. The molecule has 2 N–H and O–H groups in total. The van der Waals surface area contributed by atoms with Crippen LogP contribution in [-0.4, -0.2) is 50.0 Å². The molecule has 2 aromatic heterocycles. The van der Waals surface area contributed by atoms with Crippen LogP contribution < -0.4 is 0 Å². The maximum atomic E-state index is 11.5. The average Bonchev–Trinajstić information content (AvgIpc) is 3.33. The third-order valence-corrected chi connectivity index (χ3v) is 4.97. The van der Waals surface area contributed by atoms with Crippen molar-refractivity contribution in [2.75, 3.05) is 7.11 Å². The van der Waals surface area contributed by atoms with E-state index in [0.29, 0.717) is 5.56 Å². The molecule has 4 rings (SSSR count). The summed E-state index contributed by atoms with van der Waals surface area (Å²) >= 11 is 1.46. The van der Waals surface area contributed by atoms with Gasteiger partial charge in [-0.2, -0.15) is 18.3 Å². The minimum Gasteiger partial charge on any atom is -0.508 e. The van der Waals surface area contributed by atoms with Crippen molar-refractivity contribution in [3.63, 3.8) is 0 Å². The van der Waals surface area contributed by atoms with Crippen LogP contribution >= 0.6 is 11.3 Å². The molecule has 32 heavy (non-hydrogen) atoms. The summed E-state index contributed by atoms with van der Waals surface area (Å²) in [6.07, 6.45) is -3.23. The van der Waals surface area contributed by atoms with Crippen molar-refractivity contribution in [3.05, 3.63) is 60.3 Å². The second-order valence-corrected chi connectivity index (χ2v) is 7.14. The number of phenols is 1. The maximum absolute atomic E-state index is 11.5. The first kappa shape index (κ1) is 22.7. The number of aromatic nitrogens is 3. The van der Waals surface area contributed by atoms with Gasteiger partial charge in [-0.05, 0) is 36.4 Å². The fourth-order valence-electron chi connectivity index (χ4n) is 2.45. The first-order valence-corrected chi connectivity index (χ1v) is 9.54. The standard InChI is InChI=1S/C18H13N3O3S.C2HF3O2/c1-24-17(23)13-4-2-12(3-5-13)16-20-21-10-15(19-18(21)25-16)11-6-8-14(22)9-7-11;3-2(4,5)1(6)7/h2-10,22H,1H3;(H,6,7). The van der Waals surface area contributed by atoms with Crippen LogP contribution in [0.1, 0.15) is 10.4 Å². The van der Waals surface area contributed by atoms with Crippen LogP contribution in [0.5, 0.6) is 5.75 Å². The quantitative estimate of drug-likeness (QED) is 0.435. The van der Waals surface area contributed by atoms with Crippen LogP contribution in [0.4, 0.5) is 13.2 Å². The molecule has 0 aliphatic rings. The number of alkyl halides is 3. The summed E-state index contributed by atoms with van der Waals surface area (Å²) < 4.78 is 38.2. The van der Waals surface area contributed by atoms with Crippen molar-refractivity contribution in [2.45, 2.75) is 6.18 Å².